The van der Waals surface area contributed by atoms with Crippen LogP contribution in [0.2, 0.25) is 0 Å². The Balaban J connectivity index is 0.00000176. The van der Waals surface area contributed by atoms with Gasteiger partial charge in [-0.1, -0.05) is 45.1 Å². The maximum Gasteiger partial charge on any atom is 0.416 e. The van der Waals surface area contributed by atoms with E-state index in [0.29, 0.717) is 5.56 Å². The number of amides is 1. The van der Waals surface area contributed by atoms with Gasteiger partial charge in [-0.25, -0.2) is 0 Å². The van der Waals surface area contributed by atoms with E-state index >= 15 is 0 Å². The number of thioether (sulfide) groups is 2. The molecule has 150 valence electrons. The molecule has 0 N–H and O–H groups in total. The number of halogens is 3. The van der Waals surface area contributed by atoms with Crippen LogP contribution in [0.3, 0.4) is 0 Å². The molecule has 1 unspecified atom stereocenters. The van der Waals surface area contributed by atoms with Crippen molar-refractivity contribution in [3.05, 3.63) is 59.3 Å². The van der Waals surface area contributed by atoms with E-state index in [-0.39, 0.29) is 11.7 Å². The number of hydrogen-bond donors (Lipinski definition) is 0. The van der Waals surface area contributed by atoms with E-state index in [1.165, 1.54) is 17.8 Å². The lowest BCUT2D eigenvalue weighted by Gasteiger charge is -2.26. The van der Waals surface area contributed by atoms with Crippen LogP contribution in [0.5, 0.6) is 0 Å². The van der Waals surface area contributed by atoms with Crippen molar-refractivity contribution >= 4 is 29.4 Å². The van der Waals surface area contributed by atoms with Crippen molar-refractivity contribution in [1.29, 1.82) is 0 Å². The number of carbonyl (C=O) groups excluding carboxylic acids is 1. The van der Waals surface area contributed by atoms with Gasteiger partial charge in [0.15, 0.2) is 0 Å². The molecule has 0 radical (unpaired) electrons. The molecule has 1 aromatic carbocycles. The summed E-state index contributed by atoms with van der Waals surface area (Å²) in [5, 5.41) is -0.438. The Labute approximate surface area is 168 Å². The van der Waals surface area contributed by atoms with Gasteiger partial charge in [0.05, 0.1) is 11.3 Å². The first-order valence-corrected chi connectivity index (χ1v) is 11.3. The van der Waals surface area contributed by atoms with Crippen LogP contribution in [-0.2, 0) is 11.0 Å². The third-order valence-electron chi connectivity index (χ3n) is 3.61. The minimum Gasteiger partial charge on any atom is -0.295 e. The van der Waals surface area contributed by atoms with Gasteiger partial charge in [-0.15, -0.1) is 11.8 Å². The van der Waals surface area contributed by atoms with Gasteiger partial charge in [-0.05, 0) is 36.4 Å². The Morgan fingerprint density at radius 2 is 2.07 bits per heavy atom. The zero-order valence-electron chi connectivity index (χ0n) is 16.0. The summed E-state index contributed by atoms with van der Waals surface area (Å²) in [6.45, 7) is 5.97. The first-order valence-electron chi connectivity index (χ1n) is 8.85. The Morgan fingerprint density at radius 3 is 2.67 bits per heavy atom. The predicted molar refractivity (Wildman–Crippen MR) is 111 cm³/mol. The maximum absolute atomic E-state index is 13.0. The van der Waals surface area contributed by atoms with Gasteiger partial charge in [0.25, 0.3) is 0 Å². The van der Waals surface area contributed by atoms with E-state index in [1.807, 2.05) is 45.3 Å². The molecule has 1 aromatic rings. The van der Waals surface area contributed by atoms with Crippen LogP contribution in [0.15, 0.2) is 48.2 Å². The SMILES string of the molecule is CC.CC/C=C(\C=C/CSC)N1C(=O)CSC1c1cccc(C(F)(F)F)c1. The van der Waals surface area contributed by atoms with Crippen molar-refractivity contribution in [3.63, 3.8) is 0 Å². The molecule has 0 aromatic heterocycles. The summed E-state index contributed by atoms with van der Waals surface area (Å²) in [7, 11) is 0. The van der Waals surface area contributed by atoms with E-state index in [9.17, 15) is 18.0 Å². The summed E-state index contributed by atoms with van der Waals surface area (Å²) in [5.74, 6) is 0.990. The summed E-state index contributed by atoms with van der Waals surface area (Å²) in [5.41, 5.74) is 0.545. The molecule has 2 rings (SSSR count). The topological polar surface area (TPSA) is 20.3 Å². The molecular formula is C20H26F3NOS2. The lowest BCUT2D eigenvalue weighted by atomic mass is 10.1. The zero-order chi connectivity index (χ0) is 20.4. The van der Waals surface area contributed by atoms with Crippen LogP contribution in [0.1, 0.15) is 43.7 Å². The maximum atomic E-state index is 13.0. The van der Waals surface area contributed by atoms with E-state index in [4.69, 9.17) is 0 Å². The van der Waals surface area contributed by atoms with Crippen molar-refractivity contribution in [3.8, 4) is 0 Å². The third-order valence-corrected chi connectivity index (χ3v) is 5.35. The first kappa shape index (κ1) is 23.7. The molecule has 1 amide bonds. The van der Waals surface area contributed by atoms with Crippen LogP contribution >= 0.6 is 23.5 Å². The number of nitrogens with zero attached hydrogens (tertiary/aromatic N) is 1. The molecule has 1 aliphatic heterocycles. The second kappa shape index (κ2) is 11.5. The van der Waals surface area contributed by atoms with E-state index in [0.717, 1.165) is 30.0 Å². The van der Waals surface area contributed by atoms with Crippen LogP contribution < -0.4 is 0 Å². The van der Waals surface area contributed by atoms with Crippen molar-refractivity contribution in [2.45, 2.75) is 38.7 Å². The largest absolute Gasteiger partial charge is 0.416 e. The van der Waals surface area contributed by atoms with Gasteiger partial charge in [-0.2, -0.15) is 24.9 Å². The Hall–Kier alpha value is -1.34. The number of carbonyl (C=O) groups is 1. The van der Waals surface area contributed by atoms with Gasteiger partial charge in [0.1, 0.15) is 5.37 Å². The predicted octanol–water partition coefficient (Wildman–Crippen LogP) is 6.52. The summed E-state index contributed by atoms with van der Waals surface area (Å²) < 4.78 is 39.0. The molecule has 0 spiro atoms. The van der Waals surface area contributed by atoms with Crippen molar-refractivity contribution < 1.29 is 18.0 Å². The molecule has 0 saturated carbocycles. The minimum absolute atomic E-state index is 0.0825. The summed E-state index contributed by atoms with van der Waals surface area (Å²) >= 11 is 3.01. The fourth-order valence-electron chi connectivity index (χ4n) is 2.54. The molecule has 1 saturated heterocycles. The van der Waals surface area contributed by atoms with Crippen LogP contribution in [0, 0.1) is 0 Å². The van der Waals surface area contributed by atoms with Gasteiger partial charge in [0.2, 0.25) is 5.91 Å². The average molecular weight is 418 g/mol. The molecule has 0 bridgehead atoms. The number of rotatable bonds is 6. The molecule has 1 heterocycles. The lowest BCUT2D eigenvalue weighted by Crippen LogP contribution is -2.27. The Kier molecular flexibility index (Phi) is 10.1. The van der Waals surface area contributed by atoms with Crippen LogP contribution in [0.25, 0.3) is 0 Å². The number of benzene rings is 1. The second-order valence-corrected chi connectivity index (χ2v) is 7.42. The van der Waals surface area contributed by atoms with Gasteiger partial charge in [0, 0.05) is 11.4 Å². The Bertz CT molecular complexity index is 671. The molecule has 2 nitrogen and oxygen atoms in total. The summed E-state index contributed by atoms with van der Waals surface area (Å²) in [6, 6.07) is 5.23. The monoisotopic (exact) mass is 417 g/mol. The molecule has 7 heteroatoms. The molecular weight excluding hydrogens is 391 g/mol. The summed E-state index contributed by atoms with van der Waals surface area (Å²) in [6.07, 6.45) is 4.10. The van der Waals surface area contributed by atoms with Gasteiger partial charge in [-0.3, -0.25) is 9.69 Å². The smallest absolute Gasteiger partial charge is 0.295 e. The quantitative estimate of drug-likeness (QED) is 0.492. The van der Waals surface area contributed by atoms with E-state index in [2.05, 4.69) is 0 Å². The summed E-state index contributed by atoms with van der Waals surface area (Å²) in [4.78, 5) is 14.0. The number of hydrogen-bond acceptors (Lipinski definition) is 3. The van der Waals surface area contributed by atoms with Crippen molar-refractivity contribution in [2.24, 2.45) is 0 Å². The molecule has 1 aliphatic rings. The lowest BCUT2D eigenvalue weighted by molar-refractivity contribution is -0.137. The standard InChI is InChI=1S/C18H20F3NOS2.C2H6/c1-3-6-15(9-5-10-24-2)22-16(23)12-25-17(22)13-7-4-8-14(11-13)18(19,20)21;1-2/h4-9,11,17H,3,10,12H2,1-2H3;1-2H3/b9-5-,15-6+;. The fraction of sp³-hybridized carbons (Fsp3) is 0.450. The van der Waals surface area contributed by atoms with E-state index < -0.39 is 17.1 Å². The van der Waals surface area contributed by atoms with Gasteiger partial charge >= 0.3 is 6.18 Å². The molecule has 1 fully saturated rings. The highest BCUT2D eigenvalue weighted by atomic mass is 32.2. The highest BCUT2D eigenvalue weighted by Crippen LogP contribution is 2.42. The molecule has 27 heavy (non-hydrogen) atoms. The average Bonchev–Trinajstić information content (AvgIpc) is 3.04. The van der Waals surface area contributed by atoms with E-state index in [1.54, 1.807) is 22.7 Å². The highest BCUT2D eigenvalue weighted by Gasteiger charge is 2.36. The third kappa shape index (κ3) is 6.64. The molecule has 1 atom stereocenters. The number of allylic oxidation sites excluding steroid dienone is 2. The number of alkyl halides is 3. The Morgan fingerprint density at radius 1 is 1.37 bits per heavy atom. The zero-order valence-corrected chi connectivity index (χ0v) is 17.7. The van der Waals surface area contributed by atoms with Gasteiger partial charge < -0.3 is 0 Å². The van der Waals surface area contributed by atoms with Crippen LogP contribution in [0.4, 0.5) is 13.2 Å². The van der Waals surface area contributed by atoms with Crippen molar-refractivity contribution in [2.75, 3.05) is 17.8 Å². The van der Waals surface area contributed by atoms with Crippen molar-refractivity contribution in [1.82, 2.24) is 4.90 Å². The van der Waals surface area contributed by atoms with Crippen LogP contribution in [-0.4, -0.2) is 28.6 Å². The normalized spacial score (nSPS) is 18.0. The fourth-order valence-corrected chi connectivity index (χ4v) is 3.99. The highest BCUT2D eigenvalue weighted by molar-refractivity contribution is 8.00. The first-order chi connectivity index (χ1) is 12.9. The minimum atomic E-state index is -4.39. The molecule has 0 aliphatic carbocycles. The second-order valence-electron chi connectivity index (χ2n) is 5.45.